The molecule has 0 amide bonds. The van der Waals surface area contributed by atoms with Crippen molar-refractivity contribution in [3.63, 3.8) is 0 Å². The van der Waals surface area contributed by atoms with Gasteiger partial charge in [-0.3, -0.25) is 4.79 Å². The molecule has 1 aromatic rings. The molecule has 2 nitrogen and oxygen atoms in total. The summed E-state index contributed by atoms with van der Waals surface area (Å²) in [6.07, 6.45) is 3.16. The second kappa shape index (κ2) is 6.30. The highest BCUT2D eigenvalue weighted by atomic mass is 35.5. The standard InChI is InChI=1S/C16H19ClF2O2/c17-13-6-4-12(5-7-13)16(18,19)11-15(10-14(20)21)8-2-1-3-9-15/h4-7H,1-3,8-11H2,(H,20,21). The van der Waals surface area contributed by atoms with Crippen molar-refractivity contribution in [3.8, 4) is 0 Å². The number of benzene rings is 1. The maximum absolute atomic E-state index is 14.5. The van der Waals surface area contributed by atoms with Crippen molar-refractivity contribution in [1.82, 2.24) is 0 Å². The summed E-state index contributed by atoms with van der Waals surface area (Å²) in [6.45, 7) is 0. The molecule has 0 aromatic heterocycles. The molecule has 1 aliphatic rings. The summed E-state index contributed by atoms with van der Waals surface area (Å²) in [5.41, 5.74) is -0.894. The summed E-state index contributed by atoms with van der Waals surface area (Å²) < 4.78 is 29.1. The minimum atomic E-state index is -3.03. The molecule has 1 aliphatic carbocycles. The first-order valence-electron chi connectivity index (χ1n) is 7.19. The average molecular weight is 317 g/mol. The van der Waals surface area contributed by atoms with Gasteiger partial charge in [-0.15, -0.1) is 0 Å². The fourth-order valence-electron chi connectivity index (χ4n) is 3.31. The third-order valence-electron chi connectivity index (χ3n) is 4.30. The van der Waals surface area contributed by atoms with Gasteiger partial charge in [-0.05, 0) is 30.4 Å². The largest absolute Gasteiger partial charge is 0.481 e. The number of aliphatic carboxylic acids is 1. The van der Waals surface area contributed by atoms with Crippen molar-refractivity contribution in [2.75, 3.05) is 0 Å². The average Bonchev–Trinajstić information content (AvgIpc) is 2.38. The van der Waals surface area contributed by atoms with E-state index in [9.17, 15) is 13.6 Å². The van der Waals surface area contributed by atoms with Crippen molar-refractivity contribution < 1.29 is 18.7 Å². The van der Waals surface area contributed by atoms with Crippen molar-refractivity contribution >= 4 is 17.6 Å². The third-order valence-corrected chi connectivity index (χ3v) is 4.56. The van der Waals surface area contributed by atoms with Gasteiger partial charge in [0.1, 0.15) is 0 Å². The van der Waals surface area contributed by atoms with Crippen LogP contribution in [0.1, 0.15) is 50.5 Å². The Morgan fingerprint density at radius 3 is 2.29 bits per heavy atom. The number of carbonyl (C=O) groups is 1. The maximum atomic E-state index is 14.5. The monoisotopic (exact) mass is 316 g/mol. The van der Waals surface area contributed by atoms with Gasteiger partial charge in [0.25, 0.3) is 5.92 Å². The molecule has 0 unspecified atom stereocenters. The highest BCUT2D eigenvalue weighted by Gasteiger charge is 2.44. The van der Waals surface area contributed by atoms with E-state index in [0.29, 0.717) is 17.9 Å². The number of hydrogen-bond donors (Lipinski definition) is 1. The molecule has 0 aliphatic heterocycles. The van der Waals surface area contributed by atoms with Gasteiger partial charge in [0.05, 0.1) is 6.42 Å². The molecule has 1 fully saturated rings. The number of carboxylic acid groups (broad SMARTS) is 1. The van der Waals surface area contributed by atoms with Crippen LogP contribution in [0.2, 0.25) is 5.02 Å². The smallest absolute Gasteiger partial charge is 0.303 e. The van der Waals surface area contributed by atoms with E-state index < -0.39 is 23.7 Å². The Labute approximate surface area is 128 Å². The lowest BCUT2D eigenvalue weighted by Gasteiger charge is -2.38. The zero-order valence-electron chi connectivity index (χ0n) is 11.7. The van der Waals surface area contributed by atoms with Crippen LogP contribution < -0.4 is 0 Å². The van der Waals surface area contributed by atoms with Crippen molar-refractivity contribution in [1.29, 1.82) is 0 Å². The Kier molecular flexibility index (Phi) is 4.87. The van der Waals surface area contributed by atoms with Gasteiger partial charge >= 0.3 is 5.97 Å². The minimum Gasteiger partial charge on any atom is -0.481 e. The zero-order chi connectivity index (χ0) is 15.5. The normalized spacial score (nSPS) is 18.4. The van der Waals surface area contributed by atoms with Gasteiger partial charge < -0.3 is 5.11 Å². The molecule has 1 aromatic carbocycles. The maximum Gasteiger partial charge on any atom is 0.303 e. The number of rotatable bonds is 5. The molecule has 21 heavy (non-hydrogen) atoms. The molecule has 0 radical (unpaired) electrons. The van der Waals surface area contributed by atoms with Gasteiger partial charge in [0, 0.05) is 17.0 Å². The fraction of sp³-hybridized carbons (Fsp3) is 0.562. The summed E-state index contributed by atoms with van der Waals surface area (Å²) in [5.74, 6) is -4.03. The van der Waals surface area contributed by atoms with E-state index in [1.54, 1.807) is 0 Å². The quantitative estimate of drug-likeness (QED) is 0.805. The Bertz CT molecular complexity index is 494. The lowest BCUT2D eigenvalue weighted by atomic mass is 9.68. The van der Waals surface area contributed by atoms with E-state index in [2.05, 4.69) is 0 Å². The molecule has 1 saturated carbocycles. The minimum absolute atomic E-state index is 0.0952. The summed E-state index contributed by atoms with van der Waals surface area (Å²) >= 11 is 5.73. The molecular formula is C16H19ClF2O2. The second-order valence-electron chi connectivity index (χ2n) is 6.02. The first kappa shape index (κ1) is 16.2. The summed E-state index contributed by atoms with van der Waals surface area (Å²) in [7, 11) is 0. The molecule has 5 heteroatoms. The SMILES string of the molecule is O=C(O)CC1(CC(F)(F)c2ccc(Cl)cc2)CCCCC1. The van der Waals surface area contributed by atoms with E-state index in [-0.39, 0.29) is 12.0 Å². The lowest BCUT2D eigenvalue weighted by molar-refractivity contribution is -0.143. The van der Waals surface area contributed by atoms with Crippen LogP contribution in [0.25, 0.3) is 0 Å². The Morgan fingerprint density at radius 2 is 1.76 bits per heavy atom. The van der Waals surface area contributed by atoms with E-state index in [1.807, 2.05) is 0 Å². The van der Waals surface area contributed by atoms with Crippen molar-refractivity contribution in [3.05, 3.63) is 34.9 Å². The van der Waals surface area contributed by atoms with Crippen LogP contribution in [0.3, 0.4) is 0 Å². The Balaban J connectivity index is 2.21. The topological polar surface area (TPSA) is 37.3 Å². The zero-order valence-corrected chi connectivity index (χ0v) is 12.5. The van der Waals surface area contributed by atoms with Crippen molar-refractivity contribution in [2.45, 2.75) is 50.9 Å². The van der Waals surface area contributed by atoms with E-state index in [1.165, 1.54) is 24.3 Å². The second-order valence-corrected chi connectivity index (χ2v) is 6.46. The van der Waals surface area contributed by atoms with Crippen LogP contribution in [0.15, 0.2) is 24.3 Å². The number of carboxylic acids is 1. The first-order valence-corrected chi connectivity index (χ1v) is 7.57. The van der Waals surface area contributed by atoms with Gasteiger partial charge in [-0.2, -0.15) is 0 Å². The highest BCUT2D eigenvalue weighted by molar-refractivity contribution is 6.30. The van der Waals surface area contributed by atoms with Gasteiger partial charge in [-0.25, -0.2) is 8.78 Å². The van der Waals surface area contributed by atoms with Crippen molar-refractivity contribution in [2.24, 2.45) is 5.41 Å². The van der Waals surface area contributed by atoms with Gasteiger partial charge in [-0.1, -0.05) is 43.0 Å². The van der Waals surface area contributed by atoms with Crippen LogP contribution in [0.5, 0.6) is 0 Å². The van der Waals surface area contributed by atoms with Gasteiger partial charge in [0.2, 0.25) is 0 Å². The number of hydrogen-bond acceptors (Lipinski definition) is 1. The van der Waals surface area contributed by atoms with E-state index >= 15 is 0 Å². The lowest BCUT2D eigenvalue weighted by Crippen LogP contribution is -2.33. The summed E-state index contributed by atoms with van der Waals surface area (Å²) in [4.78, 5) is 11.1. The molecule has 2 rings (SSSR count). The Hall–Kier alpha value is -1.16. The summed E-state index contributed by atoms with van der Waals surface area (Å²) in [5, 5.41) is 9.48. The Morgan fingerprint density at radius 1 is 1.19 bits per heavy atom. The molecule has 0 heterocycles. The number of halogens is 3. The highest BCUT2D eigenvalue weighted by Crippen LogP contribution is 2.49. The number of alkyl halides is 2. The summed E-state index contributed by atoms with van der Waals surface area (Å²) in [6, 6.07) is 5.52. The van der Waals surface area contributed by atoms with Crippen LogP contribution in [-0.2, 0) is 10.7 Å². The van der Waals surface area contributed by atoms with Crippen LogP contribution in [-0.4, -0.2) is 11.1 Å². The van der Waals surface area contributed by atoms with Gasteiger partial charge in [0.15, 0.2) is 0 Å². The molecule has 0 saturated heterocycles. The van der Waals surface area contributed by atoms with E-state index in [4.69, 9.17) is 16.7 Å². The van der Waals surface area contributed by atoms with E-state index in [0.717, 1.165) is 19.3 Å². The molecular weight excluding hydrogens is 298 g/mol. The first-order chi connectivity index (χ1) is 9.83. The molecule has 0 spiro atoms. The predicted molar refractivity (Wildman–Crippen MR) is 77.7 cm³/mol. The van der Waals surface area contributed by atoms with Crippen LogP contribution >= 0.6 is 11.6 Å². The molecule has 0 bridgehead atoms. The van der Waals surface area contributed by atoms with Crippen LogP contribution in [0, 0.1) is 5.41 Å². The molecule has 0 atom stereocenters. The molecule has 1 N–H and O–H groups in total. The van der Waals surface area contributed by atoms with Crippen LogP contribution in [0.4, 0.5) is 8.78 Å². The fourth-order valence-corrected chi connectivity index (χ4v) is 3.43. The molecule has 116 valence electrons. The third kappa shape index (κ3) is 4.16. The predicted octanol–water partition coefficient (Wildman–Crippen LogP) is 5.25.